The first-order valence-electron chi connectivity index (χ1n) is 5.92. The Labute approximate surface area is 90.9 Å². The van der Waals surface area contributed by atoms with Crippen LogP contribution < -0.4 is 5.73 Å². The van der Waals surface area contributed by atoms with E-state index in [1.165, 1.54) is 25.1 Å². The van der Waals surface area contributed by atoms with Crippen LogP contribution in [0.25, 0.3) is 0 Å². The Morgan fingerprint density at radius 1 is 1.33 bits per heavy atom. The van der Waals surface area contributed by atoms with E-state index in [2.05, 4.69) is 21.7 Å². The largest absolute Gasteiger partial charge is 0.330 e. The van der Waals surface area contributed by atoms with Crippen molar-refractivity contribution in [2.75, 3.05) is 6.54 Å². The average Bonchev–Trinajstić information content (AvgIpc) is 2.50. The Hall–Kier alpha value is -0.900. The smallest absolute Gasteiger partial charge is 0.133 e. The van der Waals surface area contributed by atoms with Gasteiger partial charge in [0, 0.05) is 19.4 Å². The van der Waals surface area contributed by atoms with Gasteiger partial charge in [-0.25, -0.2) is 0 Å². The summed E-state index contributed by atoms with van der Waals surface area (Å²) in [6, 6.07) is 0. The first kappa shape index (κ1) is 10.6. The Bertz CT molecular complexity index is 318. The minimum Gasteiger partial charge on any atom is -0.330 e. The van der Waals surface area contributed by atoms with Crippen molar-refractivity contribution < 1.29 is 0 Å². The van der Waals surface area contributed by atoms with Gasteiger partial charge in [0.15, 0.2) is 0 Å². The summed E-state index contributed by atoms with van der Waals surface area (Å²) in [6.07, 6.45) is 5.88. The molecule has 0 bridgehead atoms. The summed E-state index contributed by atoms with van der Waals surface area (Å²) in [6.45, 7) is 3.98. The van der Waals surface area contributed by atoms with Gasteiger partial charge in [0.25, 0.3) is 0 Å². The van der Waals surface area contributed by atoms with Crippen LogP contribution in [0.4, 0.5) is 0 Å². The highest BCUT2D eigenvalue weighted by Crippen LogP contribution is 2.16. The SMILES string of the molecule is CC(CN)Cc1nnc2n1CCCCC2. The number of aryl methyl sites for hydroxylation is 1. The summed E-state index contributed by atoms with van der Waals surface area (Å²) in [5.74, 6) is 2.80. The third kappa shape index (κ3) is 2.37. The van der Waals surface area contributed by atoms with Gasteiger partial charge in [0.1, 0.15) is 11.6 Å². The van der Waals surface area contributed by atoms with E-state index in [4.69, 9.17) is 5.73 Å². The van der Waals surface area contributed by atoms with Crippen molar-refractivity contribution in [2.45, 2.75) is 45.6 Å². The second-order valence-corrected chi connectivity index (χ2v) is 4.54. The molecule has 15 heavy (non-hydrogen) atoms. The summed E-state index contributed by atoms with van der Waals surface area (Å²) in [5, 5.41) is 8.56. The Balaban J connectivity index is 2.14. The molecule has 0 spiro atoms. The monoisotopic (exact) mass is 208 g/mol. The summed E-state index contributed by atoms with van der Waals surface area (Å²) in [7, 11) is 0. The molecule has 2 heterocycles. The number of hydrogen-bond acceptors (Lipinski definition) is 3. The molecular formula is C11H20N4. The molecule has 2 rings (SSSR count). The van der Waals surface area contributed by atoms with Crippen LogP contribution in [0.15, 0.2) is 0 Å². The highest BCUT2D eigenvalue weighted by molar-refractivity contribution is 4.98. The van der Waals surface area contributed by atoms with E-state index in [1.54, 1.807) is 0 Å². The third-order valence-electron chi connectivity index (χ3n) is 3.12. The van der Waals surface area contributed by atoms with Crippen molar-refractivity contribution in [3.05, 3.63) is 11.6 Å². The molecule has 1 atom stereocenters. The van der Waals surface area contributed by atoms with Crippen LogP contribution in [0.1, 0.15) is 37.8 Å². The molecule has 4 heteroatoms. The predicted molar refractivity (Wildman–Crippen MR) is 59.5 cm³/mol. The molecule has 0 saturated heterocycles. The van der Waals surface area contributed by atoms with Crippen molar-refractivity contribution >= 4 is 0 Å². The molecular weight excluding hydrogens is 188 g/mol. The fourth-order valence-electron chi connectivity index (χ4n) is 2.09. The zero-order valence-corrected chi connectivity index (χ0v) is 9.45. The van der Waals surface area contributed by atoms with Gasteiger partial charge < -0.3 is 10.3 Å². The first-order chi connectivity index (χ1) is 7.31. The fraction of sp³-hybridized carbons (Fsp3) is 0.818. The van der Waals surface area contributed by atoms with Gasteiger partial charge >= 0.3 is 0 Å². The topological polar surface area (TPSA) is 56.7 Å². The molecule has 1 aromatic rings. The molecule has 84 valence electrons. The maximum absolute atomic E-state index is 5.64. The second kappa shape index (κ2) is 4.75. The van der Waals surface area contributed by atoms with E-state index in [1.807, 2.05) is 0 Å². The highest BCUT2D eigenvalue weighted by atomic mass is 15.3. The van der Waals surface area contributed by atoms with Gasteiger partial charge in [-0.2, -0.15) is 0 Å². The maximum atomic E-state index is 5.64. The van der Waals surface area contributed by atoms with E-state index in [0.29, 0.717) is 5.92 Å². The van der Waals surface area contributed by atoms with Crippen LogP contribution in [0.3, 0.4) is 0 Å². The molecule has 0 amide bonds. The number of aromatic nitrogens is 3. The zero-order chi connectivity index (χ0) is 10.7. The van der Waals surface area contributed by atoms with Crippen LogP contribution in [-0.4, -0.2) is 21.3 Å². The van der Waals surface area contributed by atoms with Gasteiger partial charge in [0.05, 0.1) is 0 Å². The van der Waals surface area contributed by atoms with E-state index in [9.17, 15) is 0 Å². The lowest BCUT2D eigenvalue weighted by atomic mass is 10.1. The summed E-state index contributed by atoms with van der Waals surface area (Å²) in [4.78, 5) is 0. The van der Waals surface area contributed by atoms with Crippen molar-refractivity contribution in [1.29, 1.82) is 0 Å². The predicted octanol–water partition coefficient (Wildman–Crippen LogP) is 1.14. The van der Waals surface area contributed by atoms with Crippen LogP contribution in [0.5, 0.6) is 0 Å². The molecule has 0 aliphatic carbocycles. The standard InChI is InChI=1S/C11H20N4/c1-9(8-12)7-11-14-13-10-5-3-2-4-6-15(10)11/h9H,2-8,12H2,1H3. The lowest BCUT2D eigenvalue weighted by molar-refractivity contribution is 0.532. The van der Waals surface area contributed by atoms with Crippen molar-refractivity contribution in [1.82, 2.24) is 14.8 Å². The quantitative estimate of drug-likeness (QED) is 0.810. The third-order valence-corrected chi connectivity index (χ3v) is 3.12. The number of hydrogen-bond donors (Lipinski definition) is 1. The molecule has 1 aromatic heterocycles. The van der Waals surface area contributed by atoms with Gasteiger partial charge in [-0.05, 0) is 25.3 Å². The molecule has 4 nitrogen and oxygen atoms in total. The minimum absolute atomic E-state index is 0.501. The van der Waals surface area contributed by atoms with Crippen LogP contribution in [-0.2, 0) is 19.4 Å². The Morgan fingerprint density at radius 2 is 2.20 bits per heavy atom. The van der Waals surface area contributed by atoms with Gasteiger partial charge in [-0.15, -0.1) is 10.2 Å². The van der Waals surface area contributed by atoms with Crippen LogP contribution in [0.2, 0.25) is 0 Å². The van der Waals surface area contributed by atoms with Crippen molar-refractivity contribution in [2.24, 2.45) is 11.7 Å². The normalized spacial score (nSPS) is 18.3. The minimum atomic E-state index is 0.501. The molecule has 1 aliphatic heterocycles. The maximum Gasteiger partial charge on any atom is 0.133 e. The van der Waals surface area contributed by atoms with Crippen molar-refractivity contribution in [3.63, 3.8) is 0 Å². The lowest BCUT2D eigenvalue weighted by Crippen LogP contribution is -2.16. The van der Waals surface area contributed by atoms with Crippen molar-refractivity contribution in [3.8, 4) is 0 Å². The van der Waals surface area contributed by atoms with E-state index >= 15 is 0 Å². The van der Waals surface area contributed by atoms with Gasteiger partial charge in [-0.3, -0.25) is 0 Å². The summed E-state index contributed by atoms with van der Waals surface area (Å²) in [5.41, 5.74) is 5.64. The van der Waals surface area contributed by atoms with Gasteiger partial charge in [0.2, 0.25) is 0 Å². The molecule has 0 fully saturated rings. The Morgan fingerprint density at radius 3 is 3.00 bits per heavy atom. The number of nitrogens with two attached hydrogens (primary N) is 1. The molecule has 1 unspecified atom stereocenters. The van der Waals surface area contributed by atoms with E-state index < -0.39 is 0 Å². The first-order valence-corrected chi connectivity index (χ1v) is 5.92. The molecule has 0 aromatic carbocycles. The summed E-state index contributed by atoms with van der Waals surface area (Å²) >= 11 is 0. The second-order valence-electron chi connectivity index (χ2n) is 4.54. The van der Waals surface area contributed by atoms with Gasteiger partial charge in [-0.1, -0.05) is 13.3 Å². The average molecular weight is 208 g/mol. The molecule has 0 radical (unpaired) electrons. The summed E-state index contributed by atoms with van der Waals surface area (Å²) < 4.78 is 2.30. The number of nitrogens with zero attached hydrogens (tertiary/aromatic N) is 3. The lowest BCUT2D eigenvalue weighted by Gasteiger charge is -2.10. The Kier molecular flexibility index (Phi) is 3.36. The van der Waals surface area contributed by atoms with Crippen LogP contribution >= 0.6 is 0 Å². The van der Waals surface area contributed by atoms with E-state index in [-0.39, 0.29) is 0 Å². The molecule has 1 aliphatic rings. The van der Waals surface area contributed by atoms with E-state index in [0.717, 1.165) is 31.8 Å². The molecule has 2 N–H and O–H groups in total. The number of fused-ring (bicyclic) bond motifs is 1. The highest BCUT2D eigenvalue weighted by Gasteiger charge is 2.15. The number of rotatable bonds is 3. The van der Waals surface area contributed by atoms with Crippen LogP contribution in [0, 0.1) is 5.92 Å². The fourth-order valence-corrected chi connectivity index (χ4v) is 2.09. The zero-order valence-electron chi connectivity index (χ0n) is 9.45. The molecule has 0 saturated carbocycles.